The summed E-state index contributed by atoms with van der Waals surface area (Å²) in [6.07, 6.45) is 1.56. The molecule has 0 radical (unpaired) electrons. The van der Waals surface area contributed by atoms with Crippen LogP contribution < -0.4 is 10.2 Å². The van der Waals surface area contributed by atoms with Crippen molar-refractivity contribution in [3.05, 3.63) is 11.3 Å². The molecule has 0 saturated carbocycles. The van der Waals surface area contributed by atoms with Crippen LogP contribution in [0.4, 0.5) is 5.82 Å². The lowest BCUT2D eigenvalue weighted by Crippen LogP contribution is -2.37. The van der Waals surface area contributed by atoms with Crippen LogP contribution in [0.3, 0.4) is 0 Å². The summed E-state index contributed by atoms with van der Waals surface area (Å²) in [4.78, 5) is 2.35. The summed E-state index contributed by atoms with van der Waals surface area (Å²) in [5.74, 6) is 1.21. The zero-order chi connectivity index (χ0) is 14.0. The van der Waals surface area contributed by atoms with Crippen LogP contribution in [0.5, 0.6) is 0 Å². The third kappa shape index (κ3) is 3.28. The van der Waals surface area contributed by atoms with Crippen LogP contribution in [0, 0.1) is 6.92 Å². The number of aliphatic hydroxyl groups excluding tert-OH is 1. The molecule has 1 aromatic rings. The first-order valence-electron chi connectivity index (χ1n) is 7.18. The van der Waals surface area contributed by atoms with Crippen LogP contribution in [0.1, 0.15) is 37.9 Å². The SMILES string of the molecule is Cc1nn(C)c(N2CCC(O)CC2)c1CNC(C)C. The summed E-state index contributed by atoms with van der Waals surface area (Å²) in [5, 5.41) is 17.7. The predicted molar refractivity (Wildman–Crippen MR) is 77.4 cm³/mol. The lowest BCUT2D eigenvalue weighted by Gasteiger charge is -2.32. The molecule has 108 valence electrons. The highest BCUT2D eigenvalue weighted by Gasteiger charge is 2.23. The molecule has 1 fully saturated rings. The third-order valence-corrected chi connectivity index (χ3v) is 3.76. The number of nitrogens with one attached hydrogen (secondary N) is 1. The van der Waals surface area contributed by atoms with Crippen LogP contribution >= 0.6 is 0 Å². The fourth-order valence-corrected chi connectivity index (χ4v) is 2.68. The Labute approximate surface area is 115 Å². The fraction of sp³-hybridized carbons (Fsp3) is 0.786. The molecule has 0 bridgehead atoms. The van der Waals surface area contributed by atoms with E-state index in [4.69, 9.17) is 0 Å². The standard InChI is InChI=1S/C14H26N4O/c1-10(2)15-9-13-11(3)16-17(4)14(13)18-7-5-12(19)6-8-18/h10,12,15,19H,5-9H2,1-4H3. The van der Waals surface area contributed by atoms with Crippen molar-refractivity contribution >= 4 is 5.82 Å². The Kier molecular flexibility index (Phi) is 4.47. The van der Waals surface area contributed by atoms with Gasteiger partial charge in [0.2, 0.25) is 0 Å². The van der Waals surface area contributed by atoms with Gasteiger partial charge < -0.3 is 15.3 Å². The summed E-state index contributed by atoms with van der Waals surface area (Å²) in [6, 6.07) is 0.468. The molecule has 0 amide bonds. The Hall–Kier alpha value is -1.07. The second-order valence-corrected chi connectivity index (χ2v) is 5.77. The molecule has 1 aliphatic rings. The quantitative estimate of drug-likeness (QED) is 0.859. The van der Waals surface area contributed by atoms with Crippen molar-refractivity contribution in [3.8, 4) is 0 Å². The summed E-state index contributed by atoms with van der Waals surface area (Å²) >= 11 is 0. The number of aromatic nitrogens is 2. The average molecular weight is 266 g/mol. The highest BCUT2D eigenvalue weighted by atomic mass is 16.3. The monoisotopic (exact) mass is 266 g/mol. The maximum atomic E-state index is 9.63. The van der Waals surface area contributed by atoms with E-state index in [1.807, 2.05) is 11.7 Å². The van der Waals surface area contributed by atoms with Crippen molar-refractivity contribution in [1.29, 1.82) is 0 Å². The lowest BCUT2D eigenvalue weighted by atomic mass is 10.1. The minimum absolute atomic E-state index is 0.136. The van der Waals surface area contributed by atoms with E-state index in [0.717, 1.165) is 38.2 Å². The first-order valence-corrected chi connectivity index (χ1v) is 7.18. The fourth-order valence-electron chi connectivity index (χ4n) is 2.68. The molecule has 0 atom stereocenters. The van der Waals surface area contributed by atoms with E-state index >= 15 is 0 Å². The summed E-state index contributed by atoms with van der Waals surface area (Å²) in [6.45, 7) is 9.06. The van der Waals surface area contributed by atoms with Crippen molar-refractivity contribution in [1.82, 2.24) is 15.1 Å². The molecule has 1 aliphatic heterocycles. The molecule has 5 heteroatoms. The van der Waals surface area contributed by atoms with Crippen molar-refractivity contribution in [2.75, 3.05) is 18.0 Å². The van der Waals surface area contributed by atoms with E-state index in [1.54, 1.807) is 0 Å². The van der Waals surface area contributed by atoms with Gasteiger partial charge >= 0.3 is 0 Å². The van der Waals surface area contributed by atoms with Crippen molar-refractivity contribution in [2.24, 2.45) is 7.05 Å². The molecule has 5 nitrogen and oxygen atoms in total. The van der Waals surface area contributed by atoms with E-state index in [0.29, 0.717) is 6.04 Å². The Balaban J connectivity index is 2.18. The molecule has 0 spiro atoms. The van der Waals surface area contributed by atoms with Gasteiger partial charge in [-0.2, -0.15) is 5.10 Å². The normalized spacial score (nSPS) is 17.5. The largest absolute Gasteiger partial charge is 0.393 e. The number of hydrogen-bond donors (Lipinski definition) is 2. The molecular formula is C14H26N4O. The number of hydrogen-bond acceptors (Lipinski definition) is 4. The van der Waals surface area contributed by atoms with Gasteiger partial charge in [0.1, 0.15) is 5.82 Å². The molecule has 2 N–H and O–H groups in total. The molecule has 1 saturated heterocycles. The molecule has 2 heterocycles. The zero-order valence-corrected chi connectivity index (χ0v) is 12.5. The van der Waals surface area contributed by atoms with Gasteiger partial charge in [0.05, 0.1) is 11.8 Å². The first kappa shape index (κ1) is 14.3. The van der Waals surface area contributed by atoms with Crippen molar-refractivity contribution in [3.63, 3.8) is 0 Å². The number of aryl methyl sites for hydroxylation is 2. The minimum Gasteiger partial charge on any atom is -0.393 e. The second kappa shape index (κ2) is 5.92. The van der Waals surface area contributed by atoms with E-state index in [1.165, 1.54) is 11.4 Å². The number of aliphatic hydroxyl groups is 1. The average Bonchev–Trinajstić information content (AvgIpc) is 2.62. The molecule has 19 heavy (non-hydrogen) atoms. The van der Waals surface area contributed by atoms with E-state index in [2.05, 4.69) is 36.1 Å². The topological polar surface area (TPSA) is 53.3 Å². The van der Waals surface area contributed by atoms with E-state index < -0.39 is 0 Å². The summed E-state index contributed by atoms with van der Waals surface area (Å²) in [5.41, 5.74) is 2.38. The van der Waals surface area contributed by atoms with Crippen molar-refractivity contribution in [2.45, 2.75) is 52.3 Å². The molecule has 0 aromatic carbocycles. The van der Waals surface area contributed by atoms with Gasteiger partial charge in [-0.25, -0.2) is 0 Å². The number of anilines is 1. The highest BCUT2D eigenvalue weighted by Crippen LogP contribution is 2.26. The number of nitrogens with zero attached hydrogens (tertiary/aromatic N) is 3. The number of rotatable bonds is 4. The van der Waals surface area contributed by atoms with E-state index in [9.17, 15) is 5.11 Å². The van der Waals surface area contributed by atoms with Crippen molar-refractivity contribution < 1.29 is 5.11 Å². The van der Waals surface area contributed by atoms with Gasteiger partial charge in [-0.1, -0.05) is 13.8 Å². The molecule has 0 aliphatic carbocycles. The zero-order valence-electron chi connectivity index (χ0n) is 12.5. The highest BCUT2D eigenvalue weighted by molar-refractivity contribution is 5.50. The predicted octanol–water partition coefficient (Wildman–Crippen LogP) is 1.19. The van der Waals surface area contributed by atoms with Gasteiger partial charge in [0.15, 0.2) is 0 Å². The van der Waals surface area contributed by atoms with E-state index in [-0.39, 0.29) is 6.10 Å². The number of piperidine rings is 1. The molecule has 1 aromatic heterocycles. The molecule has 0 unspecified atom stereocenters. The second-order valence-electron chi connectivity index (χ2n) is 5.77. The van der Waals surface area contributed by atoms with Gasteiger partial charge in [-0.05, 0) is 19.8 Å². The Morgan fingerprint density at radius 3 is 2.58 bits per heavy atom. The van der Waals surface area contributed by atoms with Crippen LogP contribution in [-0.4, -0.2) is 40.1 Å². The van der Waals surface area contributed by atoms with Crippen LogP contribution in [0.15, 0.2) is 0 Å². The van der Waals surface area contributed by atoms with Crippen LogP contribution in [0.2, 0.25) is 0 Å². The van der Waals surface area contributed by atoms with Gasteiger partial charge in [-0.15, -0.1) is 0 Å². The first-order chi connectivity index (χ1) is 8.99. The maximum Gasteiger partial charge on any atom is 0.131 e. The summed E-state index contributed by atoms with van der Waals surface area (Å²) in [7, 11) is 2.01. The molecule has 2 rings (SSSR count). The Bertz CT molecular complexity index is 419. The van der Waals surface area contributed by atoms with Gasteiger partial charge in [0, 0.05) is 38.3 Å². The minimum atomic E-state index is -0.136. The van der Waals surface area contributed by atoms with Crippen LogP contribution in [0.25, 0.3) is 0 Å². The maximum absolute atomic E-state index is 9.63. The third-order valence-electron chi connectivity index (χ3n) is 3.76. The summed E-state index contributed by atoms with van der Waals surface area (Å²) < 4.78 is 1.98. The smallest absolute Gasteiger partial charge is 0.131 e. The van der Waals surface area contributed by atoms with Crippen LogP contribution in [-0.2, 0) is 13.6 Å². The molecular weight excluding hydrogens is 240 g/mol. The Morgan fingerprint density at radius 1 is 1.37 bits per heavy atom. The van der Waals surface area contributed by atoms with Gasteiger partial charge in [0.25, 0.3) is 0 Å². The Morgan fingerprint density at radius 2 is 2.00 bits per heavy atom. The lowest BCUT2D eigenvalue weighted by molar-refractivity contribution is 0.145. The van der Waals surface area contributed by atoms with Gasteiger partial charge in [-0.3, -0.25) is 4.68 Å².